The first-order chi connectivity index (χ1) is 13.2. The summed E-state index contributed by atoms with van der Waals surface area (Å²) in [5.74, 6) is 0. The molecule has 2 aliphatic rings. The van der Waals surface area contributed by atoms with Crippen molar-refractivity contribution in [2.75, 3.05) is 18.5 Å². The van der Waals surface area contributed by atoms with E-state index in [1.165, 1.54) is 0 Å². The summed E-state index contributed by atoms with van der Waals surface area (Å²) in [6.45, 7) is 1.61. The van der Waals surface area contributed by atoms with Crippen molar-refractivity contribution in [3.8, 4) is 0 Å². The van der Waals surface area contributed by atoms with E-state index >= 15 is 0 Å². The number of anilines is 1. The summed E-state index contributed by atoms with van der Waals surface area (Å²) >= 11 is 11.3. The van der Waals surface area contributed by atoms with E-state index in [0.29, 0.717) is 30.0 Å². The van der Waals surface area contributed by atoms with Gasteiger partial charge in [0.15, 0.2) is 5.11 Å². The van der Waals surface area contributed by atoms with Crippen LogP contribution in [0.4, 0.5) is 5.69 Å². The zero-order valence-corrected chi connectivity index (χ0v) is 16.2. The molecular formula is C20H21ClN2O3S. The van der Waals surface area contributed by atoms with Crippen molar-refractivity contribution < 1.29 is 14.2 Å². The van der Waals surface area contributed by atoms with Gasteiger partial charge in [0.25, 0.3) is 0 Å². The second kappa shape index (κ2) is 8.54. The fourth-order valence-corrected chi connectivity index (χ4v) is 3.77. The molecule has 2 aromatic rings. The predicted octanol–water partition coefficient (Wildman–Crippen LogP) is 3.38. The number of halogens is 1. The Bertz CT molecular complexity index is 775. The molecule has 7 heteroatoms. The Labute approximate surface area is 168 Å². The van der Waals surface area contributed by atoms with Crippen LogP contribution in [-0.4, -0.2) is 42.7 Å². The Hall–Kier alpha value is -1.70. The fraction of sp³-hybridized carbons (Fsp3) is 0.350. The molecule has 2 aromatic carbocycles. The fourth-order valence-electron chi connectivity index (χ4n) is 3.38. The van der Waals surface area contributed by atoms with Crippen LogP contribution in [0.15, 0.2) is 54.6 Å². The van der Waals surface area contributed by atoms with Crippen LogP contribution < -0.4 is 10.6 Å². The Kier molecular flexibility index (Phi) is 5.90. The highest BCUT2D eigenvalue weighted by molar-refractivity contribution is 7.80. The smallest absolute Gasteiger partial charge is 0.171 e. The third-order valence-electron chi connectivity index (χ3n) is 4.73. The van der Waals surface area contributed by atoms with Crippen molar-refractivity contribution in [1.29, 1.82) is 0 Å². The number of nitrogens with one attached hydrogen (secondary N) is 2. The van der Waals surface area contributed by atoms with Crippen LogP contribution in [0.1, 0.15) is 5.56 Å². The maximum Gasteiger partial charge on any atom is 0.171 e. The summed E-state index contributed by atoms with van der Waals surface area (Å²) in [5, 5.41) is 7.66. The van der Waals surface area contributed by atoms with Gasteiger partial charge in [-0.2, -0.15) is 0 Å². The lowest BCUT2D eigenvalue weighted by Crippen LogP contribution is -2.45. The van der Waals surface area contributed by atoms with Crippen LogP contribution in [0.2, 0.25) is 5.02 Å². The molecule has 27 heavy (non-hydrogen) atoms. The molecule has 142 valence electrons. The molecule has 0 unspecified atom stereocenters. The third kappa shape index (κ3) is 4.59. The standard InChI is InChI=1S/C20H21ClN2O3S/c21-14-6-8-15(9-7-14)22-20(27)23-16-11-25-19-17(12-26-18(16)19)24-10-13-4-2-1-3-5-13/h1-9,16-19H,10-12H2,(H2,22,23,27)/t16-,17+,18+,19+/m0/s1. The van der Waals surface area contributed by atoms with E-state index in [2.05, 4.69) is 10.6 Å². The van der Waals surface area contributed by atoms with Crippen molar-refractivity contribution in [3.05, 3.63) is 65.2 Å². The van der Waals surface area contributed by atoms with E-state index in [9.17, 15) is 0 Å². The summed E-state index contributed by atoms with van der Waals surface area (Å²) in [7, 11) is 0. The highest BCUT2D eigenvalue weighted by atomic mass is 35.5. The van der Waals surface area contributed by atoms with Crippen LogP contribution in [0.25, 0.3) is 0 Å². The third-order valence-corrected chi connectivity index (χ3v) is 5.21. The van der Waals surface area contributed by atoms with Gasteiger partial charge in [0.2, 0.25) is 0 Å². The van der Waals surface area contributed by atoms with E-state index in [1.807, 2.05) is 54.6 Å². The maximum absolute atomic E-state index is 6.02. The van der Waals surface area contributed by atoms with Gasteiger partial charge < -0.3 is 24.8 Å². The van der Waals surface area contributed by atoms with Crippen LogP contribution in [-0.2, 0) is 20.8 Å². The second-order valence-corrected chi connectivity index (χ2v) is 7.49. The SMILES string of the molecule is S=C(Nc1ccc(Cl)cc1)N[C@H]1CO[C@H]2[C@@H]1OC[C@H]2OCc1ccccc1. The number of hydrogen-bond donors (Lipinski definition) is 2. The van der Waals surface area contributed by atoms with Crippen molar-refractivity contribution in [2.45, 2.75) is 31.0 Å². The first-order valence-electron chi connectivity index (χ1n) is 8.91. The summed E-state index contributed by atoms with van der Waals surface area (Å²) in [6, 6.07) is 17.5. The van der Waals surface area contributed by atoms with Gasteiger partial charge in [-0.05, 0) is 42.0 Å². The van der Waals surface area contributed by atoms with E-state index in [1.54, 1.807) is 0 Å². The Morgan fingerprint density at radius 1 is 1.04 bits per heavy atom. The molecule has 2 saturated heterocycles. The molecule has 0 bridgehead atoms. The Morgan fingerprint density at radius 2 is 1.78 bits per heavy atom. The first kappa shape index (κ1) is 18.7. The highest BCUT2D eigenvalue weighted by Crippen LogP contribution is 2.29. The number of fused-ring (bicyclic) bond motifs is 1. The van der Waals surface area contributed by atoms with Crippen molar-refractivity contribution in [1.82, 2.24) is 5.32 Å². The highest BCUT2D eigenvalue weighted by Gasteiger charge is 2.48. The monoisotopic (exact) mass is 404 g/mol. The molecule has 2 heterocycles. The molecule has 0 spiro atoms. The summed E-state index contributed by atoms with van der Waals surface area (Å²) in [4.78, 5) is 0. The Morgan fingerprint density at radius 3 is 2.56 bits per heavy atom. The Balaban J connectivity index is 1.28. The van der Waals surface area contributed by atoms with Gasteiger partial charge in [-0.3, -0.25) is 0 Å². The van der Waals surface area contributed by atoms with Crippen LogP contribution in [0.3, 0.4) is 0 Å². The second-order valence-electron chi connectivity index (χ2n) is 6.64. The lowest BCUT2D eigenvalue weighted by atomic mass is 10.1. The molecule has 2 fully saturated rings. The summed E-state index contributed by atoms with van der Waals surface area (Å²) in [5.41, 5.74) is 2.02. The van der Waals surface area contributed by atoms with E-state index in [-0.39, 0.29) is 24.4 Å². The lowest BCUT2D eigenvalue weighted by Gasteiger charge is -2.20. The minimum absolute atomic E-state index is 0.00683. The van der Waals surface area contributed by atoms with Crippen molar-refractivity contribution >= 4 is 34.6 Å². The molecule has 0 aromatic heterocycles. The average molecular weight is 405 g/mol. The molecule has 2 N–H and O–H groups in total. The molecule has 5 nitrogen and oxygen atoms in total. The van der Waals surface area contributed by atoms with Crippen molar-refractivity contribution in [3.63, 3.8) is 0 Å². The van der Waals surface area contributed by atoms with Gasteiger partial charge in [-0.25, -0.2) is 0 Å². The minimum Gasteiger partial charge on any atom is -0.370 e. The van der Waals surface area contributed by atoms with Crippen LogP contribution in [0.5, 0.6) is 0 Å². The number of benzene rings is 2. The van der Waals surface area contributed by atoms with Gasteiger partial charge in [0.05, 0.1) is 25.9 Å². The molecule has 0 radical (unpaired) electrons. The number of rotatable bonds is 5. The number of ether oxygens (including phenoxy) is 3. The normalized spacial score (nSPS) is 26.6. The lowest BCUT2D eigenvalue weighted by molar-refractivity contribution is -0.0391. The summed E-state index contributed by atoms with van der Waals surface area (Å²) in [6.07, 6.45) is -0.222. The molecule has 0 aliphatic carbocycles. The molecule has 4 rings (SSSR count). The van der Waals surface area contributed by atoms with E-state index < -0.39 is 0 Å². The maximum atomic E-state index is 6.02. The van der Waals surface area contributed by atoms with Gasteiger partial charge in [0.1, 0.15) is 18.3 Å². The first-order valence-corrected chi connectivity index (χ1v) is 9.69. The molecule has 2 aliphatic heterocycles. The van der Waals surface area contributed by atoms with Crippen molar-refractivity contribution in [2.24, 2.45) is 0 Å². The van der Waals surface area contributed by atoms with E-state index in [0.717, 1.165) is 11.3 Å². The largest absolute Gasteiger partial charge is 0.370 e. The molecule has 0 amide bonds. The zero-order chi connectivity index (χ0) is 18.6. The van der Waals surface area contributed by atoms with Gasteiger partial charge in [-0.15, -0.1) is 0 Å². The molecular weight excluding hydrogens is 384 g/mol. The number of hydrogen-bond acceptors (Lipinski definition) is 4. The molecule has 4 atom stereocenters. The van der Waals surface area contributed by atoms with Gasteiger partial charge in [0, 0.05) is 10.7 Å². The number of thiocarbonyl (C=S) groups is 1. The average Bonchev–Trinajstić information content (AvgIpc) is 3.26. The predicted molar refractivity (Wildman–Crippen MR) is 109 cm³/mol. The van der Waals surface area contributed by atoms with Gasteiger partial charge >= 0.3 is 0 Å². The minimum atomic E-state index is -0.0791. The summed E-state index contributed by atoms with van der Waals surface area (Å²) < 4.78 is 17.9. The van der Waals surface area contributed by atoms with Gasteiger partial charge in [-0.1, -0.05) is 41.9 Å². The topological polar surface area (TPSA) is 51.8 Å². The van der Waals surface area contributed by atoms with Crippen LogP contribution in [0, 0.1) is 0 Å². The zero-order valence-electron chi connectivity index (χ0n) is 14.6. The van der Waals surface area contributed by atoms with Crippen LogP contribution >= 0.6 is 23.8 Å². The van der Waals surface area contributed by atoms with E-state index in [4.69, 9.17) is 38.0 Å². The quantitative estimate of drug-likeness (QED) is 0.745. The molecule has 0 saturated carbocycles.